The molecule has 4 rings (SSSR count). The molecule has 1 aliphatic heterocycles. The van der Waals surface area contributed by atoms with Gasteiger partial charge in [-0.2, -0.15) is 0 Å². The summed E-state index contributed by atoms with van der Waals surface area (Å²) in [6.45, 7) is 2.78. The molecule has 0 atom stereocenters. The molecule has 0 aliphatic carbocycles. The van der Waals surface area contributed by atoms with E-state index in [0.717, 1.165) is 28.3 Å². The van der Waals surface area contributed by atoms with Crippen LogP contribution >= 0.6 is 77.0 Å². The van der Waals surface area contributed by atoms with Crippen LogP contribution < -0.4 is 9.47 Å². The molecular weight excluding hydrogens is 792 g/mol. The molecule has 0 unspecified atom stereocenters. The first-order chi connectivity index (χ1) is 16.3. The highest BCUT2D eigenvalue weighted by Crippen LogP contribution is 2.38. The topological polar surface area (TPSA) is 57.1 Å². The van der Waals surface area contributed by atoms with Gasteiger partial charge < -0.3 is 14.2 Å². The minimum atomic E-state index is -0.502. The summed E-state index contributed by atoms with van der Waals surface area (Å²) in [5, 5.41) is 0. The van der Waals surface area contributed by atoms with E-state index in [-0.39, 0.29) is 11.6 Å². The molecule has 0 spiro atoms. The van der Waals surface area contributed by atoms with Crippen molar-refractivity contribution >= 4 is 95.0 Å². The van der Waals surface area contributed by atoms with E-state index < -0.39 is 5.97 Å². The Morgan fingerprint density at radius 3 is 2.59 bits per heavy atom. The summed E-state index contributed by atoms with van der Waals surface area (Å²) in [4.78, 5) is 16.9. The molecule has 0 saturated heterocycles. The Morgan fingerprint density at radius 2 is 1.85 bits per heavy atom. The lowest BCUT2D eigenvalue weighted by Crippen LogP contribution is -2.05. The molecule has 174 valence electrons. The number of nitrogens with zero attached hydrogens (tertiary/aromatic N) is 1. The summed E-state index contributed by atoms with van der Waals surface area (Å²) in [7, 11) is 0. The number of rotatable bonds is 7. The van der Waals surface area contributed by atoms with Crippen LogP contribution in [0.3, 0.4) is 0 Å². The van der Waals surface area contributed by atoms with Crippen molar-refractivity contribution in [2.45, 2.75) is 13.5 Å². The van der Waals surface area contributed by atoms with Crippen molar-refractivity contribution in [3.05, 3.63) is 93.1 Å². The normalized spacial score (nSPS) is 14.2. The first-order valence-corrected chi connectivity index (χ1v) is 13.9. The van der Waals surface area contributed by atoms with Crippen LogP contribution in [0.2, 0.25) is 0 Å². The van der Waals surface area contributed by atoms with Gasteiger partial charge in [0.1, 0.15) is 6.61 Å². The molecule has 0 amide bonds. The van der Waals surface area contributed by atoms with Gasteiger partial charge >= 0.3 is 5.97 Å². The van der Waals surface area contributed by atoms with Crippen molar-refractivity contribution in [1.82, 2.24) is 0 Å². The number of esters is 1. The van der Waals surface area contributed by atoms with E-state index in [4.69, 9.17) is 14.2 Å². The largest absolute Gasteiger partial charge is 0.490 e. The summed E-state index contributed by atoms with van der Waals surface area (Å²) in [6, 6.07) is 17.5. The highest BCUT2D eigenvalue weighted by molar-refractivity contribution is 14.1. The second-order valence-electron chi connectivity index (χ2n) is 7.15. The zero-order valence-electron chi connectivity index (χ0n) is 17.8. The first kappa shape index (κ1) is 25.6. The molecule has 0 aromatic heterocycles. The fourth-order valence-corrected chi connectivity index (χ4v) is 5.07. The van der Waals surface area contributed by atoms with Gasteiger partial charge in [0.25, 0.3) is 0 Å². The maximum atomic E-state index is 12.5. The molecule has 34 heavy (non-hydrogen) atoms. The lowest BCUT2D eigenvalue weighted by atomic mass is 10.1. The lowest BCUT2D eigenvalue weighted by Gasteiger charge is -2.15. The average Bonchev–Trinajstić information content (AvgIpc) is 3.15. The number of carbonyl (C=O) groups is 1. The fraction of sp³-hybridized carbons (Fsp3) is 0.120. The lowest BCUT2D eigenvalue weighted by molar-refractivity contribution is -0.129. The van der Waals surface area contributed by atoms with Crippen LogP contribution in [-0.2, 0) is 16.1 Å². The Kier molecular flexibility index (Phi) is 8.70. The number of hydrogen-bond donors (Lipinski definition) is 0. The van der Waals surface area contributed by atoms with E-state index in [0.29, 0.717) is 29.2 Å². The van der Waals surface area contributed by atoms with Crippen molar-refractivity contribution in [2.75, 3.05) is 6.61 Å². The number of aliphatic imine (C=N–C) groups is 1. The zero-order chi connectivity index (χ0) is 24.2. The summed E-state index contributed by atoms with van der Waals surface area (Å²) in [6.07, 6.45) is 1.67. The third kappa shape index (κ3) is 6.21. The van der Waals surface area contributed by atoms with E-state index in [2.05, 4.69) is 88.1 Å². The number of carbonyl (C=O) groups excluding carboxylic acids is 1. The van der Waals surface area contributed by atoms with Crippen LogP contribution in [-0.4, -0.2) is 18.5 Å². The van der Waals surface area contributed by atoms with Crippen LogP contribution in [0.15, 0.2) is 74.2 Å². The SMILES string of the molecule is CCOc1cc(/C=C2\N=C(c3ccc(I)c(Br)c3)OC2=O)cc(Br)c1OCc1cccc(I)c1. The highest BCUT2D eigenvalue weighted by atomic mass is 127. The average molecular weight is 809 g/mol. The third-order valence-corrected chi connectivity index (χ3v) is 8.29. The summed E-state index contributed by atoms with van der Waals surface area (Å²) in [5.41, 5.74) is 2.73. The highest BCUT2D eigenvalue weighted by Gasteiger charge is 2.25. The number of hydrogen-bond acceptors (Lipinski definition) is 5. The Morgan fingerprint density at radius 1 is 1.03 bits per heavy atom. The van der Waals surface area contributed by atoms with Crippen molar-refractivity contribution < 1.29 is 19.0 Å². The number of ether oxygens (including phenoxy) is 3. The van der Waals surface area contributed by atoms with Crippen molar-refractivity contribution in [3.8, 4) is 11.5 Å². The van der Waals surface area contributed by atoms with Crippen LogP contribution in [0, 0.1) is 7.14 Å². The zero-order valence-corrected chi connectivity index (χ0v) is 25.3. The quantitative estimate of drug-likeness (QED) is 0.139. The third-order valence-electron chi connectivity index (χ3n) is 4.69. The Balaban J connectivity index is 1.61. The van der Waals surface area contributed by atoms with Gasteiger partial charge in [0.2, 0.25) is 5.90 Å². The van der Waals surface area contributed by atoms with Gasteiger partial charge in [0.05, 0.1) is 11.1 Å². The monoisotopic (exact) mass is 807 g/mol. The molecular formula is C25H17Br2I2NO4. The number of cyclic esters (lactones) is 1. The van der Waals surface area contributed by atoms with E-state index in [1.54, 1.807) is 6.08 Å². The van der Waals surface area contributed by atoms with Gasteiger partial charge in [-0.3, -0.25) is 0 Å². The van der Waals surface area contributed by atoms with Crippen LogP contribution in [0.25, 0.3) is 6.08 Å². The molecule has 9 heteroatoms. The summed E-state index contributed by atoms with van der Waals surface area (Å²) >= 11 is 11.6. The van der Waals surface area contributed by atoms with Gasteiger partial charge in [0.15, 0.2) is 17.2 Å². The maximum absolute atomic E-state index is 12.5. The smallest absolute Gasteiger partial charge is 0.363 e. The van der Waals surface area contributed by atoms with Crippen LogP contribution in [0.4, 0.5) is 0 Å². The first-order valence-electron chi connectivity index (χ1n) is 10.2. The Labute approximate surface area is 241 Å². The predicted molar refractivity (Wildman–Crippen MR) is 156 cm³/mol. The standard InChI is InChI=1S/C25H17Br2I2NO4/c1-2-32-22-11-15(9-19(27)23(22)33-13-14-4-3-5-17(28)8-14)10-21-25(31)34-24(30-21)16-6-7-20(29)18(26)12-16/h3-12H,2,13H2,1H3/b21-10-. The van der Waals surface area contributed by atoms with E-state index in [1.807, 2.05) is 55.5 Å². The van der Waals surface area contributed by atoms with Gasteiger partial charge in [-0.1, -0.05) is 12.1 Å². The molecule has 0 saturated carbocycles. The fourth-order valence-electron chi connectivity index (χ4n) is 3.18. The molecule has 3 aromatic carbocycles. The summed E-state index contributed by atoms with van der Waals surface area (Å²) < 4.78 is 21.1. The summed E-state index contributed by atoms with van der Waals surface area (Å²) in [5.74, 6) is 0.948. The van der Waals surface area contributed by atoms with Gasteiger partial charge in [-0.25, -0.2) is 9.79 Å². The molecule has 0 radical (unpaired) electrons. The van der Waals surface area contributed by atoms with Crippen molar-refractivity contribution in [1.29, 1.82) is 0 Å². The number of halogens is 4. The Hall–Kier alpha value is -1.44. The van der Waals surface area contributed by atoms with Gasteiger partial charge in [0, 0.05) is 17.2 Å². The molecule has 1 aliphatic rings. The molecule has 3 aromatic rings. The van der Waals surface area contributed by atoms with Crippen molar-refractivity contribution in [2.24, 2.45) is 4.99 Å². The molecule has 1 heterocycles. The second-order valence-corrected chi connectivity index (χ2v) is 11.3. The minimum absolute atomic E-state index is 0.214. The van der Waals surface area contributed by atoms with Gasteiger partial charge in [-0.15, -0.1) is 0 Å². The molecule has 0 bridgehead atoms. The van der Waals surface area contributed by atoms with Crippen LogP contribution in [0.5, 0.6) is 11.5 Å². The molecule has 0 fully saturated rings. The predicted octanol–water partition coefficient (Wildman–Crippen LogP) is 7.74. The maximum Gasteiger partial charge on any atom is 0.363 e. The van der Waals surface area contributed by atoms with Crippen molar-refractivity contribution in [3.63, 3.8) is 0 Å². The molecule has 5 nitrogen and oxygen atoms in total. The van der Waals surface area contributed by atoms with Crippen LogP contribution in [0.1, 0.15) is 23.6 Å². The van der Waals surface area contributed by atoms with Gasteiger partial charge in [-0.05, 0) is 144 Å². The van der Waals surface area contributed by atoms with E-state index in [1.165, 1.54) is 0 Å². The minimum Gasteiger partial charge on any atom is -0.490 e. The molecule has 0 N–H and O–H groups in total. The number of benzene rings is 3. The van der Waals surface area contributed by atoms with E-state index >= 15 is 0 Å². The Bertz CT molecular complexity index is 1320. The van der Waals surface area contributed by atoms with E-state index in [9.17, 15) is 4.79 Å². The second kappa shape index (κ2) is 11.5.